The topological polar surface area (TPSA) is 49.9 Å². The van der Waals surface area contributed by atoms with Gasteiger partial charge in [0, 0.05) is 39.2 Å². The molecule has 1 aliphatic heterocycles. The van der Waals surface area contributed by atoms with Crippen LogP contribution in [0.15, 0.2) is 54.6 Å². The minimum absolute atomic E-state index is 0.0662. The Morgan fingerprint density at radius 2 is 1.64 bits per heavy atom. The molecule has 3 rings (SSSR count). The average molecular weight is 380 g/mol. The van der Waals surface area contributed by atoms with Crippen LogP contribution in [0.2, 0.25) is 0 Å². The number of hydrogen-bond donors (Lipinski definition) is 0. The van der Waals surface area contributed by atoms with Crippen molar-refractivity contribution in [3.05, 3.63) is 65.7 Å². The summed E-state index contributed by atoms with van der Waals surface area (Å²) in [5.41, 5.74) is 1.39. The van der Waals surface area contributed by atoms with Gasteiger partial charge in [0.25, 0.3) is 0 Å². The van der Waals surface area contributed by atoms with Crippen molar-refractivity contribution >= 4 is 11.8 Å². The van der Waals surface area contributed by atoms with E-state index in [0.717, 1.165) is 16.9 Å². The zero-order valence-corrected chi connectivity index (χ0v) is 16.9. The summed E-state index contributed by atoms with van der Waals surface area (Å²) >= 11 is 0. The van der Waals surface area contributed by atoms with Crippen LogP contribution in [-0.4, -0.2) is 48.9 Å². The molecule has 1 saturated heterocycles. The van der Waals surface area contributed by atoms with Crippen LogP contribution < -0.4 is 4.74 Å². The standard InChI is InChI=1S/C23H28N2O3/c1-18(26)25-15-13-23(14-16-25,20-10-5-4-6-11-20)22(27)24(2)17-19-9-7-8-12-21(19)28-3/h4-12H,13-17H2,1-3H3. The van der Waals surface area contributed by atoms with Crippen molar-refractivity contribution in [2.45, 2.75) is 31.7 Å². The molecule has 0 aliphatic carbocycles. The summed E-state index contributed by atoms with van der Waals surface area (Å²) in [7, 11) is 3.49. The number of para-hydroxylation sites is 1. The van der Waals surface area contributed by atoms with Crippen molar-refractivity contribution in [3.8, 4) is 5.75 Å². The SMILES string of the molecule is COc1ccccc1CN(C)C(=O)C1(c2ccccc2)CCN(C(C)=O)CC1. The van der Waals surface area contributed by atoms with Gasteiger partial charge in [-0.05, 0) is 24.5 Å². The minimum Gasteiger partial charge on any atom is -0.496 e. The van der Waals surface area contributed by atoms with E-state index < -0.39 is 5.41 Å². The normalized spacial score (nSPS) is 15.8. The zero-order chi connectivity index (χ0) is 20.1. The molecule has 2 aromatic rings. The molecule has 0 unspecified atom stereocenters. The molecule has 2 aromatic carbocycles. The number of methoxy groups -OCH3 is 1. The van der Waals surface area contributed by atoms with E-state index in [1.165, 1.54) is 0 Å². The fourth-order valence-electron chi connectivity index (χ4n) is 4.11. The number of carbonyl (C=O) groups excluding carboxylic acids is 2. The monoisotopic (exact) mass is 380 g/mol. The maximum Gasteiger partial charge on any atom is 0.233 e. The van der Waals surface area contributed by atoms with Crippen molar-refractivity contribution in [1.29, 1.82) is 0 Å². The third-order valence-electron chi connectivity index (χ3n) is 5.74. The van der Waals surface area contributed by atoms with Gasteiger partial charge in [0.05, 0.1) is 12.5 Å². The molecule has 0 N–H and O–H groups in total. The first-order valence-corrected chi connectivity index (χ1v) is 9.66. The molecule has 1 fully saturated rings. The Labute approximate surface area is 166 Å². The molecule has 1 heterocycles. The lowest BCUT2D eigenvalue weighted by Gasteiger charge is -2.42. The second-order valence-electron chi connectivity index (χ2n) is 7.43. The molecule has 28 heavy (non-hydrogen) atoms. The van der Waals surface area contributed by atoms with Gasteiger partial charge in [-0.25, -0.2) is 0 Å². The number of benzene rings is 2. The summed E-state index contributed by atoms with van der Waals surface area (Å²) in [5, 5.41) is 0. The van der Waals surface area contributed by atoms with Gasteiger partial charge in [0.2, 0.25) is 11.8 Å². The lowest BCUT2D eigenvalue weighted by molar-refractivity contribution is -0.141. The van der Waals surface area contributed by atoms with E-state index in [2.05, 4.69) is 0 Å². The number of likely N-dealkylation sites (tertiary alicyclic amines) is 1. The van der Waals surface area contributed by atoms with Gasteiger partial charge in [-0.3, -0.25) is 9.59 Å². The number of hydrogen-bond acceptors (Lipinski definition) is 3. The third-order valence-corrected chi connectivity index (χ3v) is 5.74. The Hall–Kier alpha value is -2.82. The maximum absolute atomic E-state index is 13.7. The molecule has 5 nitrogen and oxygen atoms in total. The summed E-state index contributed by atoms with van der Waals surface area (Å²) in [6, 6.07) is 17.7. The highest BCUT2D eigenvalue weighted by atomic mass is 16.5. The predicted octanol–water partition coefficient (Wildman–Crippen LogP) is 3.23. The molecule has 1 aliphatic rings. The molecule has 2 amide bonds. The van der Waals surface area contributed by atoms with Crippen LogP contribution in [0.1, 0.15) is 30.9 Å². The fraction of sp³-hybridized carbons (Fsp3) is 0.391. The van der Waals surface area contributed by atoms with Gasteiger partial charge in [0.1, 0.15) is 5.75 Å². The smallest absolute Gasteiger partial charge is 0.233 e. The van der Waals surface area contributed by atoms with Crippen LogP contribution in [0.4, 0.5) is 0 Å². The summed E-state index contributed by atoms with van der Waals surface area (Å²) < 4.78 is 5.44. The average Bonchev–Trinajstić information content (AvgIpc) is 2.74. The van der Waals surface area contributed by atoms with Crippen molar-refractivity contribution in [2.75, 3.05) is 27.2 Å². The quantitative estimate of drug-likeness (QED) is 0.800. The van der Waals surface area contributed by atoms with E-state index in [1.807, 2.05) is 66.5 Å². The van der Waals surface area contributed by atoms with Gasteiger partial charge in [-0.2, -0.15) is 0 Å². The van der Waals surface area contributed by atoms with Crippen LogP contribution in [0.25, 0.3) is 0 Å². The van der Waals surface area contributed by atoms with Crippen molar-refractivity contribution in [1.82, 2.24) is 9.80 Å². The first kappa shape index (κ1) is 19.9. The van der Waals surface area contributed by atoms with E-state index in [1.54, 1.807) is 18.9 Å². The Balaban J connectivity index is 1.88. The maximum atomic E-state index is 13.7. The first-order valence-electron chi connectivity index (χ1n) is 9.66. The van der Waals surface area contributed by atoms with Gasteiger partial charge < -0.3 is 14.5 Å². The van der Waals surface area contributed by atoms with E-state index in [9.17, 15) is 9.59 Å². The Morgan fingerprint density at radius 1 is 1.04 bits per heavy atom. The fourth-order valence-corrected chi connectivity index (χ4v) is 4.11. The molecule has 0 aromatic heterocycles. The second kappa shape index (κ2) is 8.46. The number of carbonyl (C=O) groups is 2. The van der Waals surface area contributed by atoms with Crippen molar-refractivity contribution in [3.63, 3.8) is 0 Å². The van der Waals surface area contributed by atoms with Gasteiger partial charge in [-0.15, -0.1) is 0 Å². The Kier molecular flexibility index (Phi) is 6.02. The molecular formula is C23H28N2O3. The number of likely N-dealkylation sites (N-methyl/N-ethyl adjacent to an activating group) is 1. The largest absolute Gasteiger partial charge is 0.496 e. The Morgan fingerprint density at radius 3 is 2.25 bits per heavy atom. The summed E-state index contributed by atoms with van der Waals surface area (Å²) in [6.07, 6.45) is 1.26. The van der Waals surface area contributed by atoms with Crippen molar-refractivity contribution < 1.29 is 14.3 Å². The highest BCUT2D eigenvalue weighted by Crippen LogP contribution is 2.38. The first-order chi connectivity index (χ1) is 13.5. The van der Waals surface area contributed by atoms with Gasteiger partial charge in [-0.1, -0.05) is 48.5 Å². The lowest BCUT2D eigenvalue weighted by atomic mass is 9.71. The van der Waals surface area contributed by atoms with Crippen LogP contribution in [-0.2, 0) is 21.5 Å². The van der Waals surface area contributed by atoms with E-state index >= 15 is 0 Å². The number of amides is 2. The minimum atomic E-state index is -0.607. The summed E-state index contributed by atoms with van der Waals surface area (Å²) in [4.78, 5) is 29.1. The van der Waals surface area contributed by atoms with Gasteiger partial charge >= 0.3 is 0 Å². The van der Waals surface area contributed by atoms with Crippen LogP contribution in [0.3, 0.4) is 0 Å². The van der Waals surface area contributed by atoms with Crippen LogP contribution in [0, 0.1) is 0 Å². The predicted molar refractivity (Wildman–Crippen MR) is 109 cm³/mol. The number of piperidine rings is 1. The summed E-state index contributed by atoms with van der Waals surface area (Å²) in [5.74, 6) is 0.937. The molecule has 0 saturated carbocycles. The Bertz CT molecular complexity index is 827. The van der Waals surface area contributed by atoms with E-state index in [0.29, 0.717) is 32.5 Å². The number of rotatable bonds is 5. The molecular weight excluding hydrogens is 352 g/mol. The molecule has 0 bridgehead atoms. The molecule has 5 heteroatoms. The van der Waals surface area contributed by atoms with Crippen LogP contribution in [0.5, 0.6) is 5.75 Å². The number of ether oxygens (including phenoxy) is 1. The van der Waals surface area contributed by atoms with E-state index in [-0.39, 0.29) is 11.8 Å². The van der Waals surface area contributed by atoms with Crippen LogP contribution >= 0.6 is 0 Å². The van der Waals surface area contributed by atoms with Crippen molar-refractivity contribution in [2.24, 2.45) is 0 Å². The summed E-state index contributed by atoms with van der Waals surface area (Å²) in [6.45, 7) is 3.26. The van der Waals surface area contributed by atoms with Gasteiger partial charge in [0.15, 0.2) is 0 Å². The molecule has 148 valence electrons. The van der Waals surface area contributed by atoms with E-state index in [4.69, 9.17) is 4.74 Å². The second-order valence-corrected chi connectivity index (χ2v) is 7.43. The highest BCUT2D eigenvalue weighted by molar-refractivity contribution is 5.88. The third kappa shape index (κ3) is 3.88. The molecule has 0 spiro atoms. The zero-order valence-electron chi connectivity index (χ0n) is 16.9. The lowest BCUT2D eigenvalue weighted by Crippen LogP contribution is -2.52. The molecule has 0 radical (unpaired) electrons. The molecule has 0 atom stereocenters. The number of nitrogens with zero attached hydrogens (tertiary/aromatic N) is 2. The highest BCUT2D eigenvalue weighted by Gasteiger charge is 2.44.